The van der Waals surface area contributed by atoms with Crippen molar-refractivity contribution in [1.82, 2.24) is 24.9 Å². The Kier molecular flexibility index (Phi) is 4.15. The van der Waals surface area contributed by atoms with Crippen molar-refractivity contribution in [2.75, 3.05) is 5.73 Å². The van der Waals surface area contributed by atoms with Crippen molar-refractivity contribution in [2.45, 2.75) is 0 Å². The van der Waals surface area contributed by atoms with Gasteiger partial charge in [0, 0.05) is 38.4 Å². The molecular weight excluding hydrogens is 462 g/mol. The molecule has 4 rings (SSSR count). The van der Waals surface area contributed by atoms with E-state index in [0.717, 1.165) is 16.8 Å². The first kappa shape index (κ1) is 15.3. The molecule has 0 amide bonds. The van der Waals surface area contributed by atoms with Crippen LogP contribution in [0, 0.1) is 0 Å². The van der Waals surface area contributed by atoms with Gasteiger partial charge < -0.3 is 15.7 Å². The second kappa shape index (κ2) is 6.25. The largest absolute Gasteiger partial charge is 0.434 e. The molecule has 0 saturated carbocycles. The van der Waals surface area contributed by atoms with E-state index in [0.29, 0.717) is 22.9 Å². The Morgan fingerprint density at radius 1 is 0.957 bits per heavy atom. The summed E-state index contributed by atoms with van der Waals surface area (Å²) in [6.07, 6.45) is 4.99. The molecule has 113 valence electrons. The SMILES string of the molecule is Nc1ncc(-c2ccccc2)nc1-c1nc2cnccc2[n-]1.[Re]. The molecule has 1 radical (unpaired) electrons. The minimum atomic E-state index is 0. The van der Waals surface area contributed by atoms with Crippen molar-refractivity contribution in [3.8, 4) is 22.8 Å². The Morgan fingerprint density at radius 2 is 1.78 bits per heavy atom. The molecule has 6 nitrogen and oxygen atoms in total. The molecular formula is C16H11N6Re-. The van der Waals surface area contributed by atoms with Crippen LogP contribution in [-0.2, 0) is 20.4 Å². The smallest absolute Gasteiger partial charge is 0.149 e. The molecule has 0 bridgehead atoms. The van der Waals surface area contributed by atoms with Crippen LogP contribution in [0.25, 0.3) is 33.8 Å². The molecule has 0 aliphatic rings. The van der Waals surface area contributed by atoms with Crippen LogP contribution >= 0.6 is 0 Å². The van der Waals surface area contributed by atoms with Gasteiger partial charge in [-0.3, -0.25) is 4.98 Å². The van der Waals surface area contributed by atoms with Gasteiger partial charge in [0.25, 0.3) is 0 Å². The molecule has 0 aliphatic carbocycles. The number of nitrogens with zero attached hydrogens (tertiary/aromatic N) is 5. The van der Waals surface area contributed by atoms with Crippen LogP contribution in [0.3, 0.4) is 0 Å². The van der Waals surface area contributed by atoms with Crippen molar-refractivity contribution < 1.29 is 20.4 Å². The van der Waals surface area contributed by atoms with Crippen LogP contribution in [0.1, 0.15) is 0 Å². The molecule has 1 aromatic carbocycles. The Bertz CT molecular complexity index is 918. The zero-order valence-corrected chi connectivity index (χ0v) is 14.6. The topological polar surface area (TPSA) is 91.7 Å². The maximum Gasteiger partial charge on any atom is 0.149 e. The van der Waals surface area contributed by atoms with E-state index in [-0.39, 0.29) is 20.4 Å². The second-order valence-electron chi connectivity index (χ2n) is 4.77. The number of anilines is 1. The second-order valence-corrected chi connectivity index (χ2v) is 4.77. The normalized spacial score (nSPS) is 10.4. The van der Waals surface area contributed by atoms with Gasteiger partial charge in [-0.05, 0) is 22.9 Å². The maximum absolute atomic E-state index is 5.95. The third-order valence-corrected chi connectivity index (χ3v) is 3.31. The fourth-order valence-electron chi connectivity index (χ4n) is 2.23. The summed E-state index contributed by atoms with van der Waals surface area (Å²) in [5.41, 5.74) is 9.61. The van der Waals surface area contributed by atoms with Gasteiger partial charge >= 0.3 is 0 Å². The summed E-state index contributed by atoms with van der Waals surface area (Å²) in [5.74, 6) is 0.772. The van der Waals surface area contributed by atoms with Gasteiger partial charge in [0.2, 0.25) is 0 Å². The van der Waals surface area contributed by atoms with E-state index < -0.39 is 0 Å². The van der Waals surface area contributed by atoms with Crippen molar-refractivity contribution in [1.29, 1.82) is 0 Å². The zero-order valence-electron chi connectivity index (χ0n) is 11.9. The molecule has 23 heavy (non-hydrogen) atoms. The third kappa shape index (κ3) is 2.84. The number of benzene rings is 1. The molecule has 0 aliphatic heterocycles. The third-order valence-electron chi connectivity index (χ3n) is 3.31. The van der Waals surface area contributed by atoms with E-state index in [1.54, 1.807) is 24.7 Å². The molecule has 3 heterocycles. The number of hydrogen-bond donors (Lipinski definition) is 1. The maximum atomic E-state index is 5.95. The average molecular weight is 474 g/mol. The van der Waals surface area contributed by atoms with Crippen LogP contribution in [0.4, 0.5) is 5.82 Å². The number of aromatic nitrogens is 5. The summed E-state index contributed by atoms with van der Waals surface area (Å²) in [4.78, 5) is 21.7. The molecule has 0 fully saturated rings. The van der Waals surface area contributed by atoms with Crippen LogP contribution in [0.5, 0.6) is 0 Å². The van der Waals surface area contributed by atoms with E-state index in [1.165, 1.54) is 0 Å². The number of rotatable bonds is 2. The predicted octanol–water partition coefficient (Wildman–Crippen LogP) is 2.29. The number of hydrogen-bond acceptors (Lipinski definition) is 5. The summed E-state index contributed by atoms with van der Waals surface area (Å²) in [6, 6.07) is 11.6. The number of nitrogens with two attached hydrogens (primary N) is 1. The van der Waals surface area contributed by atoms with Gasteiger partial charge in [-0.25, -0.2) is 9.97 Å². The van der Waals surface area contributed by atoms with Crippen molar-refractivity contribution in [3.05, 3.63) is 55.0 Å². The summed E-state index contributed by atoms with van der Waals surface area (Å²) >= 11 is 0. The van der Waals surface area contributed by atoms with Crippen LogP contribution in [0.2, 0.25) is 0 Å². The minimum Gasteiger partial charge on any atom is -0.434 e. The van der Waals surface area contributed by atoms with Crippen molar-refractivity contribution in [2.24, 2.45) is 0 Å². The van der Waals surface area contributed by atoms with Crippen LogP contribution in [0.15, 0.2) is 55.0 Å². The summed E-state index contributed by atoms with van der Waals surface area (Å²) in [6.45, 7) is 0. The molecule has 0 unspecified atom stereocenters. The van der Waals surface area contributed by atoms with E-state index in [1.807, 2.05) is 30.3 Å². The fraction of sp³-hybridized carbons (Fsp3) is 0. The molecule has 2 N–H and O–H groups in total. The first-order valence-corrected chi connectivity index (χ1v) is 6.74. The van der Waals surface area contributed by atoms with Gasteiger partial charge in [-0.2, -0.15) is 0 Å². The van der Waals surface area contributed by atoms with Gasteiger partial charge in [0.1, 0.15) is 11.5 Å². The zero-order chi connectivity index (χ0) is 14.9. The summed E-state index contributed by atoms with van der Waals surface area (Å²) in [5, 5.41) is 0. The van der Waals surface area contributed by atoms with Crippen molar-refractivity contribution in [3.63, 3.8) is 0 Å². The van der Waals surface area contributed by atoms with Gasteiger partial charge in [-0.1, -0.05) is 30.3 Å². The average Bonchev–Trinajstić information content (AvgIpc) is 3.00. The minimum absolute atomic E-state index is 0. The Labute approximate surface area is 145 Å². The van der Waals surface area contributed by atoms with Crippen LogP contribution in [-0.4, -0.2) is 19.9 Å². The number of fused-ring (bicyclic) bond motifs is 1. The molecule has 0 spiro atoms. The van der Waals surface area contributed by atoms with Gasteiger partial charge in [0.05, 0.1) is 11.9 Å². The van der Waals surface area contributed by atoms with E-state index in [4.69, 9.17) is 5.73 Å². The van der Waals surface area contributed by atoms with Crippen molar-refractivity contribution >= 4 is 16.9 Å². The van der Waals surface area contributed by atoms with Gasteiger partial charge in [-0.15, -0.1) is 0 Å². The van der Waals surface area contributed by atoms with E-state index in [9.17, 15) is 0 Å². The standard InChI is InChI=1S/C16H11N6.Re/c17-15-14(16-21-11-6-7-18-8-13(11)22-16)20-12(9-19-15)10-4-2-1-3-5-10;/h1-9H,(H2-,17,19,21,22);/q-1;. The monoisotopic (exact) mass is 474 g/mol. The number of imidazole rings is 1. The first-order valence-electron chi connectivity index (χ1n) is 6.74. The molecule has 3 aromatic heterocycles. The molecule has 7 heteroatoms. The Hall–Kier alpha value is -2.62. The van der Waals surface area contributed by atoms with Gasteiger partial charge in [0.15, 0.2) is 0 Å². The summed E-state index contributed by atoms with van der Waals surface area (Å²) in [7, 11) is 0. The Morgan fingerprint density at radius 3 is 2.57 bits per heavy atom. The van der Waals surface area contributed by atoms with Crippen LogP contribution < -0.4 is 10.7 Å². The first-order chi connectivity index (χ1) is 10.8. The molecule has 0 saturated heterocycles. The predicted molar refractivity (Wildman–Crippen MR) is 83.7 cm³/mol. The summed E-state index contributed by atoms with van der Waals surface area (Å²) < 4.78 is 0. The molecule has 4 aromatic rings. The Balaban J connectivity index is 0.00000156. The quantitative estimate of drug-likeness (QED) is 0.480. The molecule has 0 atom stereocenters. The van der Waals surface area contributed by atoms with E-state index in [2.05, 4.69) is 24.9 Å². The number of nitrogen functional groups attached to an aromatic ring is 1. The fourth-order valence-corrected chi connectivity index (χ4v) is 2.23. The van der Waals surface area contributed by atoms with E-state index >= 15 is 0 Å². The number of pyridine rings is 1.